The number of carbonyl (C=O) groups excluding carboxylic acids is 2. The second kappa shape index (κ2) is 7.72. The molecule has 1 aromatic rings. The van der Waals surface area contributed by atoms with Crippen LogP contribution in [0.15, 0.2) is 0 Å². The number of aromatic nitrogens is 1. The molecule has 2 amide bonds. The van der Waals surface area contributed by atoms with E-state index in [1.807, 2.05) is 34.6 Å². The summed E-state index contributed by atoms with van der Waals surface area (Å²) in [5.41, 5.74) is -0.170. The maximum absolute atomic E-state index is 12.7. The molecule has 1 aliphatic carbocycles. The van der Waals surface area contributed by atoms with Crippen molar-refractivity contribution in [2.45, 2.75) is 77.9 Å². The smallest absolute Gasteiger partial charge is 0.407 e. The lowest BCUT2D eigenvalue weighted by Crippen LogP contribution is -2.54. The fourth-order valence-electron chi connectivity index (χ4n) is 3.07. The first kappa shape index (κ1) is 19.7. The van der Waals surface area contributed by atoms with E-state index in [0.717, 1.165) is 42.8 Å². The number of hydrogen-bond acceptors (Lipinski definition) is 5. The molecule has 1 fully saturated rings. The Labute approximate surface area is 153 Å². The number of nitrogens with one attached hydrogen (secondary N) is 2. The molecule has 1 heterocycles. The summed E-state index contributed by atoms with van der Waals surface area (Å²) >= 11 is 1.45. The molecule has 0 aliphatic heterocycles. The Morgan fingerprint density at radius 1 is 1.28 bits per heavy atom. The first-order valence-electron chi connectivity index (χ1n) is 8.90. The van der Waals surface area contributed by atoms with Crippen LogP contribution in [-0.4, -0.2) is 34.7 Å². The average molecular weight is 368 g/mol. The zero-order valence-electron chi connectivity index (χ0n) is 15.8. The van der Waals surface area contributed by atoms with Crippen LogP contribution in [0.5, 0.6) is 0 Å². The molecule has 25 heavy (non-hydrogen) atoms. The van der Waals surface area contributed by atoms with Crippen molar-refractivity contribution >= 4 is 23.3 Å². The van der Waals surface area contributed by atoms with Crippen LogP contribution in [0.3, 0.4) is 0 Å². The minimum absolute atomic E-state index is 0.0948. The average Bonchev–Trinajstić information content (AvgIpc) is 3.10. The fraction of sp³-hybridized carbons (Fsp3) is 0.722. The Morgan fingerprint density at radius 3 is 2.44 bits per heavy atom. The van der Waals surface area contributed by atoms with E-state index < -0.39 is 17.2 Å². The van der Waals surface area contributed by atoms with Crippen LogP contribution >= 0.6 is 11.3 Å². The van der Waals surface area contributed by atoms with Crippen LogP contribution in [0.2, 0.25) is 0 Å². The third-order valence-electron chi connectivity index (χ3n) is 4.26. The summed E-state index contributed by atoms with van der Waals surface area (Å²) in [6.07, 6.45) is 4.16. The molecule has 1 saturated carbocycles. The first-order valence-corrected chi connectivity index (χ1v) is 9.71. The number of aryl methyl sites for hydroxylation is 2. The van der Waals surface area contributed by atoms with E-state index in [9.17, 15) is 9.59 Å². The number of hydrogen-bond donors (Lipinski definition) is 2. The van der Waals surface area contributed by atoms with Crippen molar-refractivity contribution in [1.82, 2.24) is 15.6 Å². The predicted octanol–water partition coefficient (Wildman–Crippen LogP) is 3.58. The molecule has 0 bridgehead atoms. The molecule has 0 unspecified atom stereocenters. The van der Waals surface area contributed by atoms with Crippen LogP contribution in [0, 0.1) is 6.92 Å². The lowest BCUT2D eigenvalue weighted by Gasteiger charge is -2.31. The number of alkyl carbamates (subject to hydrolysis) is 1. The number of carbonyl (C=O) groups is 2. The largest absolute Gasteiger partial charge is 0.444 e. The highest BCUT2D eigenvalue weighted by Crippen LogP contribution is 2.30. The van der Waals surface area contributed by atoms with E-state index in [4.69, 9.17) is 4.74 Å². The van der Waals surface area contributed by atoms with Gasteiger partial charge in [-0.05, 0) is 47.0 Å². The minimum Gasteiger partial charge on any atom is -0.444 e. The van der Waals surface area contributed by atoms with Gasteiger partial charge in [0, 0.05) is 6.54 Å². The van der Waals surface area contributed by atoms with E-state index in [0.29, 0.717) is 11.4 Å². The Bertz CT molecular complexity index is 628. The van der Waals surface area contributed by atoms with Crippen molar-refractivity contribution < 1.29 is 14.3 Å². The van der Waals surface area contributed by atoms with Gasteiger partial charge in [-0.25, -0.2) is 9.78 Å². The zero-order valence-corrected chi connectivity index (χ0v) is 16.6. The van der Waals surface area contributed by atoms with Gasteiger partial charge in [0.2, 0.25) is 0 Å². The summed E-state index contributed by atoms with van der Waals surface area (Å²) in [5, 5.41) is 6.96. The van der Waals surface area contributed by atoms with Gasteiger partial charge in [0.05, 0.1) is 16.2 Å². The van der Waals surface area contributed by atoms with Gasteiger partial charge in [-0.3, -0.25) is 4.79 Å². The Hall–Kier alpha value is -1.63. The van der Waals surface area contributed by atoms with Gasteiger partial charge in [-0.2, -0.15) is 0 Å². The van der Waals surface area contributed by atoms with Gasteiger partial charge >= 0.3 is 6.09 Å². The number of amides is 2. The molecular formula is C18H29N3O3S. The van der Waals surface area contributed by atoms with E-state index in [1.54, 1.807) is 0 Å². The topological polar surface area (TPSA) is 80.3 Å². The van der Waals surface area contributed by atoms with Gasteiger partial charge in [-0.15, -0.1) is 11.3 Å². The van der Waals surface area contributed by atoms with Crippen LogP contribution in [0.1, 0.15) is 73.8 Å². The predicted molar refractivity (Wildman–Crippen MR) is 99.1 cm³/mol. The Morgan fingerprint density at radius 2 is 1.92 bits per heavy atom. The number of nitrogens with zero attached hydrogens (tertiary/aromatic N) is 1. The molecule has 0 spiro atoms. The molecular weight excluding hydrogens is 338 g/mol. The molecule has 7 heteroatoms. The fourth-order valence-corrected chi connectivity index (χ4v) is 3.96. The summed E-state index contributed by atoms with van der Waals surface area (Å²) in [4.78, 5) is 29.8. The van der Waals surface area contributed by atoms with Crippen molar-refractivity contribution in [1.29, 1.82) is 0 Å². The Balaban J connectivity index is 2.03. The number of ether oxygens (including phenoxy) is 1. The minimum atomic E-state index is -0.535. The number of thiazole rings is 1. The third kappa shape index (κ3) is 5.42. The van der Waals surface area contributed by atoms with Gasteiger partial charge in [0.15, 0.2) is 0 Å². The van der Waals surface area contributed by atoms with E-state index in [2.05, 4.69) is 15.6 Å². The monoisotopic (exact) mass is 367 g/mol. The van der Waals surface area contributed by atoms with Crippen molar-refractivity contribution in [3.8, 4) is 0 Å². The summed E-state index contributed by atoms with van der Waals surface area (Å²) in [6.45, 7) is 9.77. The Kier molecular flexibility index (Phi) is 6.08. The maximum atomic E-state index is 12.7. The van der Waals surface area contributed by atoms with Gasteiger partial charge in [0.1, 0.15) is 10.5 Å². The molecule has 1 aliphatic rings. The van der Waals surface area contributed by atoms with Crippen molar-refractivity contribution in [2.75, 3.05) is 6.54 Å². The van der Waals surface area contributed by atoms with Crippen molar-refractivity contribution in [3.05, 3.63) is 15.6 Å². The highest BCUT2D eigenvalue weighted by atomic mass is 32.1. The summed E-state index contributed by atoms with van der Waals surface area (Å²) in [7, 11) is 0. The highest BCUT2D eigenvalue weighted by molar-refractivity contribution is 7.13. The van der Waals surface area contributed by atoms with E-state index in [-0.39, 0.29) is 5.91 Å². The maximum Gasteiger partial charge on any atom is 0.407 e. The molecule has 1 aromatic heterocycles. The SMILES string of the molecule is CCc1nc(C)c(C(=O)NC2(CNC(=O)OC(C)(C)C)CCCC2)s1. The lowest BCUT2D eigenvalue weighted by molar-refractivity contribution is 0.0505. The summed E-state index contributed by atoms with van der Waals surface area (Å²) in [5.74, 6) is -0.0948. The zero-order chi connectivity index (χ0) is 18.7. The van der Waals surface area contributed by atoms with Gasteiger partial charge < -0.3 is 15.4 Å². The van der Waals surface area contributed by atoms with Crippen LogP contribution < -0.4 is 10.6 Å². The van der Waals surface area contributed by atoms with Crippen LogP contribution in [-0.2, 0) is 11.2 Å². The molecule has 0 atom stereocenters. The molecule has 6 nitrogen and oxygen atoms in total. The van der Waals surface area contributed by atoms with Crippen molar-refractivity contribution in [3.63, 3.8) is 0 Å². The molecule has 2 N–H and O–H groups in total. The normalized spacial score (nSPS) is 16.5. The quantitative estimate of drug-likeness (QED) is 0.833. The van der Waals surface area contributed by atoms with Gasteiger partial charge in [-0.1, -0.05) is 19.8 Å². The first-order chi connectivity index (χ1) is 11.6. The van der Waals surface area contributed by atoms with E-state index in [1.165, 1.54) is 11.3 Å². The van der Waals surface area contributed by atoms with E-state index >= 15 is 0 Å². The molecule has 140 valence electrons. The molecule has 0 saturated heterocycles. The number of rotatable bonds is 5. The molecule has 0 radical (unpaired) electrons. The van der Waals surface area contributed by atoms with Crippen molar-refractivity contribution in [2.24, 2.45) is 0 Å². The third-order valence-corrected chi connectivity index (χ3v) is 5.56. The van der Waals surface area contributed by atoms with Crippen LogP contribution in [0.4, 0.5) is 4.79 Å². The molecule has 0 aromatic carbocycles. The lowest BCUT2D eigenvalue weighted by atomic mass is 9.97. The van der Waals surface area contributed by atoms with Gasteiger partial charge in [0.25, 0.3) is 5.91 Å². The van der Waals surface area contributed by atoms with Crippen LogP contribution in [0.25, 0.3) is 0 Å². The standard InChI is InChI=1S/C18H29N3O3S/c1-6-13-20-12(2)14(25-13)15(22)21-18(9-7-8-10-18)11-19-16(23)24-17(3,4)5/h6-11H2,1-5H3,(H,19,23)(H,21,22). The summed E-state index contributed by atoms with van der Waals surface area (Å²) in [6, 6.07) is 0. The molecule has 2 rings (SSSR count). The second-order valence-electron chi connectivity index (χ2n) is 7.67. The highest BCUT2D eigenvalue weighted by Gasteiger charge is 2.37. The summed E-state index contributed by atoms with van der Waals surface area (Å²) < 4.78 is 5.30. The second-order valence-corrected chi connectivity index (χ2v) is 8.76.